The number of hydrogen-bond acceptors (Lipinski definition) is 3. The summed E-state index contributed by atoms with van der Waals surface area (Å²) in [6.45, 7) is 0. The molecular weight excluding hydrogens is 246 g/mol. The molecule has 1 aliphatic carbocycles. The zero-order valence-electron chi connectivity index (χ0n) is 7.58. The van der Waals surface area contributed by atoms with E-state index in [1.807, 2.05) is 18.2 Å². The fourth-order valence-corrected chi connectivity index (χ4v) is 1.83. The van der Waals surface area contributed by atoms with E-state index in [-0.39, 0.29) is 5.97 Å². The fourth-order valence-electron chi connectivity index (χ4n) is 1.49. The van der Waals surface area contributed by atoms with Gasteiger partial charge in [0.15, 0.2) is 0 Å². The second-order valence-electron chi connectivity index (χ2n) is 2.94. The summed E-state index contributed by atoms with van der Waals surface area (Å²) in [6, 6.07) is 3.70. The molecule has 0 aromatic carbocycles. The predicted molar refractivity (Wildman–Crippen MR) is 55.6 cm³/mol. The van der Waals surface area contributed by atoms with E-state index in [4.69, 9.17) is 0 Å². The Morgan fingerprint density at radius 1 is 1.57 bits per heavy atom. The third-order valence-corrected chi connectivity index (χ3v) is 2.58. The predicted octanol–water partition coefficient (Wildman–Crippen LogP) is 1.96. The van der Waals surface area contributed by atoms with Crippen molar-refractivity contribution in [3.05, 3.63) is 34.1 Å². The van der Waals surface area contributed by atoms with Crippen LogP contribution in [-0.4, -0.2) is 18.1 Å². The molecule has 3 nitrogen and oxygen atoms in total. The van der Waals surface area contributed by atoms with Crippen LogP contribution < -0.4 is 0 Å². The lowest BCUT2D eigenvalue weighted by Crippen LogP contribution is -2.02. The summed E-state index contributed by atoms with van der Waals surface area (Å²) >= 11 is 3.29. The van der Waals surface area contributed by atoms with Crippen LogP contribution in [0, 0.1) is 0 Å². The van der Waals surface area contributed by atoms with Crippen molar-refractivity contribution in [2.45, 2.75) is 6.42 Å². The van der Waals surface area contributed by atoms with Crippen molar-refractivity contribution < 1.29 is 9.53 Å². The molecule has 0 fully saturated rings. The number of hydrogen-bond donors (Lipinski definition) is 0. The van der Waals surface area contributed by atoms with E-state index in [0.717, 1.165) is 15.9 Å². The lowest BCUT2D eigenvalue weighted by atomic mass is 10.1. The molecule has 0 unspecified atom stereocenters. The SMILES string of the molecule is COC(=O)C1=CCc2nc(Br)ccc21. The molecule has 1 aromatic heterocycles. The van der Waals surface area contributed by atoms with Gasteiger partial charge in [0.25, 0.3) is 0 Å². The van der Waals surface area contributed by atoms with Gasteiger partial charge in [0, 0.05) is 12.0 Å². The molecule has 1 heterocycles. The number of fused-ring (bicyclic) bond motifs is 1. The van der Waals surface area contributed by atoms with Gasteiger partial charge in [-0.3, -0.25) is 0 Å². The lowest BCUT2D eigenvalue weighted by Gasteiger charge is -2.02. The van der Waals surface area contributed by atoms with E-state index in [2.05, 4.69) is 25.7 Å². The highest BCUT2D eigenvalue weighted by molar-refractivity contribution is 9.10. The topological polar surface area (TPSA) is 39.2 Å². The molecule has 0 spiro atoms. The van der Waals surface area contributed by atoms with Crippen molar-refractivity contribution in [3.63, 3.8) is 0 Å². The first kappa shape index (κ1) is 9.40. The second-order valence-corrected chi connectivity index (χ2v) is 3.75. The molecule has 0 N–H and O–H groups in total. The first-order valence-corrected chi connectivity index (χ1v) is 4.96. The quantitative estimate of drug-likeness (QED) is 0.568. The highest BCUT2D eigenvalue weighted by atomic mass is 79.9. The van der Waals surface area contributed by atoms with E-state index in [9.17, 15) is 4.79 Å². The number of aromatic nitrogens is 1. The largest absolute Gasteiger partial charge is 0.465 e. The van der Waals surface area contributed by atoms with Crippen LogP contribution in [0.2, 0.25) is 0 Å². The Kier molecular flexibility index (Phi) is 2.37. The van der Waals surface area contributed by atoms with Gasteiger partial charge in [-0.25, -0.2) is 9.78 Å². The Morgan fingerprint density at radius 2 is 2.36 bits per heavy atom. The van der Waals surface area contributed by atoms with E-state index in [1.54, 1.807) is 0 Å². The molecule has 0 radical (unpaired) electrons. The number of allylic oxidation sites excluding steroid dienone is 1. The van der Waals surface area contributed by atoms with Crippen LogP contribution in [0.3, 0.4) is 0 Å². The van der Waals surface area contributed by atoms with Gasteiger partial charge in [-0.05, 0) is 28.1 Å². The van der Waals surface area contributed by atoms with Gasteiger partial charge >= 0.3 is 5.97 Å². The van der Waals surface area contributed by atoms with Crippen molar-refractivity contribution in [1.29, 1.82) is 0 Å². The third kappa shape index (κ3) is 1.46. The molecule has 0 amide bonds. The van der Waals surface area contributed by atoms with Crippen LogP contribution in [0.5, 0.6) is 0 Å². The van der Waals surface area contributed by atoms with Gasteiger partial charge in [-0.15, -0.1) is 0 Å². The van der Waals surface area contributed by atoms with Crippen molar-refractivity contribution in [1.82, 2.24) is 4.98 Å². The Labute approximate surface area is 89.9 Å². The maximum Gasteiger partial charge on any atom is 0.338 e. The Hall–Kier alpha value is -1.16. The molecule has 72 valence electrons. The standard InChI is InChI=1S/C10H8BrNO2/c1-14-10(13)7-2-4-8-6(7)3-5-9(11)12-8/h2-3,5H,4H2,1H3. The first-order valence-electron chi connectivity index (χ1n) is 4.16. The van der Waals surface area contributed by atoms with Crippen LogP contribution in [0.25, 0.3) is 5.57 Å². The minimum Gasteiger partial charge on any atom is -0.465 e. The van der Waals surface area contributed by atoms with Crippen LogP contribution >= 0.6 is 15.9 Å². The van der Waals surface area contributed by atoms with Gasteiger partial charge in [0.05, 0.1) is 18.4 Å². The number of methoxy groups -OCH3 is 1. The van der Waals surface area contributed by atoms with E-state index < -0.39 is 0 Å². The maximum atomic E-state index is 11.3. The number of carbonyl (C=O) groups is 1. The van der Waals surface area contributed by atoms with Crippen molar-refractivity contribution in [2.24, 2.45) is 0 Å². The minimum atomic E-state index is -0.298. The molecule has 0 atom stereocenters. The fraction of sp³-hybridized carbons (Fsp3) is 0.200. The summed E-state index contributed by atoms with van der Waals surface area (Å²) in [4.78, 5) is 15.6. The van der Waals surface area contributed by atoms with Crippen LogP contribution in [0.15, 0.2) is 22.8 Å². The number of carbonyl (C=O) groups excluding carboxylic acids is 1. The van der Waals surface area contributed by atoms with Gasteiger partial charge in [0.1, 0.15) is 4.60 Å². The first-order chi connectivity index (χ1) is 6.72. The van der Waals surface area contributed by atoms with Crippen LogP contribution in [0.4, 0.5) is 0 Å². The smallest absolute Gasteiger partial charge is 0.338 e. The molecular formula is C10H8BrNO2. The number of ether oxygens (including phenoxy) is 1. The molecule has 0 bridgehead atoms. The number of esters is 1. The van der Waals surface area contributed by atoms with Gasteiger partial charge in [-0.2, -0.15) is 0 Å². The number of nitrogens with zero attached hydrogens (tertiary/aromatic N) is 1. The second kappa shape index (κ2) is 3.53. The molecule has 0 saturated carbocycles. The average Bonchev–Trinajstić information content (AvgIpc) is 2.59. The van der Waals surface area contributed by atoms with Crippen molar-refractivity contribution in [3.8, 4) is 0 Å². The molecule has 0 aliphatic heterocycles. The number of rotatable bonds is 1. The van der Waals surface area contributed by atoms with E-state index in [1.165, 1.54) is 7.11 Å². The van der Waals surface area contributed by atoms with Crippen molar-refractivity contribution in [2.75, 3.05) is 7.11 Å². The minimum absolute atomic E-state index is 0.298. The van der Waals surface area contributed by atoms with E-state index in [0.29, 0.717) is 12.0 Å². The highest BCUT2D eigenvalue weighted by Crippen LogP contribution is 2.27. The monoisotopic (exact) mass is 253 g/mol. The number of pyridine rings is 1. The Morgan fingerprint density at radius 3 is 3.07 bits per heavy atom. The average molecular weight is 254 g/mol. The molecule has 1 aromatic rings. The van der Waals surface area contributed by atoms with E-state index >= 15 is 0 Å². The summed E-state index contributed by atoms with van der Waals surface area (Å²) in [5.41, 5.74) is 2.40. The summed E-state index contributed by atoms with van der Waals surface area (Å²) in [5, 5.41) is 0. The normalized spacial score (nSPS) is 13.4. The van der Waals surface area contributed by atoms with Gasteiger partial charge in [-0.1, -0.05) is 6.08 Å². The molecule has 0 saturated heterocycles. The molecule has 14 heavy (non-hydrogen) atoms. The maximum absolute atomic E-state index is 11.3. The summed E-state index contributed by atoms with van der Waals surface area (Å²) < 4.78 is 5.46. The van der Waals surface area contributed by atoms with Gasteiger partial charge in [0.2, 0.25) is 0 Å². The summed E-state index contributed by atoms with van der Waals surface area (Å²) in [6.07, 6.45) is 2.54. The van der Waals surface area contributed by atoms with Crippen molar-refractivity contribution >= 4 is 27.5 Å². The third-order valence-electron chi connectivity index (χ3n) is 2.14. The highest BCUT2D eigenvalue weighted by Gasteiger charge is 2.21. The Bertz CT molecular complexity index is 426. The zero-order chi connectivity index (χ0) is 10.1. The number of halogens is 1. The molecule has 2 rings (SSSR count). The lowest BCUT2D eigenvalue weighted by molar-refractivity contribution is -0.133. The van der Waals surface area contributed by atoms with Crippen LogP contribution in [0.1, 0.15) is 11.3 Å². The summed E-state index contributed by atoms with van der Waals surface area (Å²) in [5.74, 6) is -0.298. The van der Waals surface area contributed by atoms with Crippen LogP contribution in [-0.2, 0) is 16.0 Å². The molecule has 4 heteroatoms. The van der Waals surface area contributed by atoms with Gasteiger partial charge < -0.3 is 4.74 Å². The summed E-state index contributed by atoms with van der Waals surface area (Å²) in [7, 11) is 1.38. The Balaban J connectivity index is 2.42. The zero-order valence-corrected chi connectivity index (χ0v) is 9.17. The molecule has 1 aliphatic rings.